The Morgan fingerprint density at radius 3 is 2.64 bits per heavy atom. The van der Waals surface area contributed by atoms with E-state index in [9.17, 15) is 19.5 Å². The fraction of sp³-hybridized carbons (Fsp3) is 0.176. The zero-order valence-corrected chi connectivity index (χ0v) is 13.6. The Morgan fingerprint density at radius 1 is 1.32 bits per heavy atom. The Hall–Kier alpha value is -3.42. The maximum absolute atomic E-state index is 12.0. The van der Waals surface area contributed by atoms with Crippen LogP contribution in [-0.4, -0.2) is 38.7 Å². The summed E-state index contributed by atoms with van der Waals surface area (Å²) in [6.45, 7) is 3.44. The molecular formula is C17H16N2O6. The lowest BCUT2D eigenvalue weighted by Gasteiger charge is -2.05. The number of phenols is 1. The minimum Gasteiger partial charge on any atom is -0.507 e. The van der Waals surface area contributed by atoms with Gasteiger partial charge in [-0.15, -0.1) is 0 Å². The van der Waals surface area contributed by atoms with Crippen molar-refractivity contribution in [1.29, 1.82) is 0 Å². The number of carboxylic acids is 1. The monoisotopic (exact) mass is 344 g/mol. The predicted molar refractivity (Wildman–Crippen MR) is 89.4 cm³/mol. The zero-order chi connectivity index (χ0) is 18.6. The minimum absolute atomic E-state index is 0.145. The van der Waals surface area contributed by atoms with Crippen LogP contribution in [0.1, 0.15) is 46.0 Å². The first-order chi connectivity index (χ1) is 11.8. The molecule has 8 nitrogen and oxygen atoms in total. The fourth-order valence-electron chi connectivity index (χ4n) is 2.08. The molecule has 0 radical (unpaired) electrons. The van der Waals surface area contributed by atoms with Crippen molar-refractivity contribution in [2.75, 3.05) is 6.61 Å². The third-order valence-electron chi connectivity index (χ3n) is 3.30. The van der Waals surface area contributed by atoms with Crippen LogP contribution in [0, 0.1) is 0 Å². The SMILES string of the molecule is CCOC(=O)c1cnc(C(C)=Cc2ccc(O)c(C(=O)O)c2)[nH]c1=O. The molecule has 0 atom stereocenters. The number of benzene rings is 1. The number of aromatic hydroxyl groups is 1. The van der Waals surface area contributed by atoms with Gasteiger partial charge in [0, 0.05) is 6.20 Å². The highest BCUT2D eigenvalue weighted by Crippen LogP contribution is 2.21. The Bertz CT molecular complexity index is 914. The number of nitrogens with one attached hydrogen (secondary N) is 1. The van der Waals surface area contributed by atoms with Gasteiger partial charge in [-0.2, -0.15) is 0 Å². The number of ether oxygens (including phenoxy) is 1. The highest BCUT2D eigenvalue weighted by Gasteiger charge is 2.14. The molecule has 0 aliphatic heterocycles. The van der Waals surface area contributed by atoms with E-state index in [-0.39, 0.29) is 29.3 Å². The lowest BCUT2D eigenvalue weighted by atomic mass is 10.1. The summed E-state index contributed by atoms with van der Waals surface area (Å²) < 4.78 is 4.76. The Kier molecular flexibility index (Phi) is 5.33. The molecule has 1 heterocycles. The second-order valence-electron chi connectivity index (χ2n) is 5.10. The van der Waals surface area contributed by atoms with Gasteiger partial charge in [0.15, 0.2) is 0 Å². The Balaban J connectivity index is 2.36. The number of carboxylic acid groups (broad SMARTS) is 1. The van der Waals surface area contributed by atoms with Gasteiger partial charge in [-0.3, -0.25) is 4.79 Å². The van der Waals surface area contributed by atoms with Crippen molar-refractivity contribution in [1.82, 2.24) is 9.97 Å². The largest absolute Gasteiger partial charge is 0.507 e. The number of carbonyl (C=O) groups is 2. The molecule has 2 rings (SSSR count). The van der Waals surface area contributed by atoms with Crippen LogP contribution >= 0.6 is 0 Å². The van der Waals surface area contributed by atoms with E-state index in [1.165, 1.54) is 18.2 Å². The molecule has 0 saturated carbocycles. The van der Waals surface area contributed by atoms with E-state index in [0.717, 1.165) is 6.20 Å². The van der Waals surface area contributed by atoms with E-state index in [0.29, 0.717) is 11.1 Å². The van der Waals surface area contributed by atoms with Crippen LogP contribution in [0.3, 0.4) is 0 Å². The number of nitrogens with zero attached hydrogens (tertiary/aromatic N) is 1. The summed E-state index contributed by atoms with van der Waals surface area (Å²) in [4.78, 5) is 41.1. The van der Waals surface area contributed by atoms with Crippen LogP contribution in [-0.2, 0) is 4.74 Å². The molecule has 2 aromatic rings. The average molecular weight is 344 g/mol. The molecular weight excluding hydrogens is 328 g/mol. The fourth-order valence-corrected chi connectivity index (χ4v) is 2.08. The smallest absolute Gasteiger partial charge is 0.345 e. The Morgan fingerprint density at radius 2 is 2.04 bits per heavy atom. The van der Waals surface area contributed by atoms with E-state index in [1.807, 2.05) is 0 Å². The van der Waals surface area contributed by atoms with E-state index < -0.39 is 17.5 Å². The number of rotatable bonds is 5. The molecule has 1 aromatic carbocycles. The zero-order valence-electron chi connectivity index (χ0n) is 13.6. The number of hydrogen-bond acceptors (Lipinski definition) is 6. The molecule has 130 valence electrons. The summed E-state index contributed by atoms with van der Waals surface area (Å²) in [5, 5.41) is 18.5. The molecule has 1 aromatic heterocycles. The van der Waals surface area contributed by atoms with Gasteiger partial charge in [-0.1, -0.05) is 6.07 Å². The number of esters is 1. The Labute approximate surface area is 142 Å². The molecule has 3 N–H and O–H groups in total. The predicted octanol–water partition coefficient (Wildman–Crippen LogP) is 1.91. The summed E-state index contributed by atoms with van der Waals surface area (Å²) in [5.41, 5.74) is -0.0238. The van der Waals surface area contributed by atoms with E-state index >= 15 is 0 Å². The van der Waals surface area contributed by atoms with Crippen molar-refractivity contribution in [3.63, 3.8) is 0 Å². The van der Waals surface area contributed by atoms with Gasteiger partial charge >= 0.3 is 11.9 Å². The van der Waals surface area contributed by atoms with Crippen LogP contribution < -0.4 is 5.56 Å². The van der Waals surface area contributed by atoms with Crippen LogP contribution in [0.25, 0.3) is 11.6 Å². The summed E-state index contributed by atoms with van der Waals surface area (Å²) in [6.07, 6.45) is 2.72. The van der Waals surface area contributed by atoms with Crippen LogP contribution in [0.4, 0.5) is 0 Å². The second-order valence-corrected chi connectivity index (χ2v) is 5.10. The molecule has 0 bridgehead atoms. The highest BCUT2D eigenvalue weighted by molar-refractivity contribution is 5.92. The number of hydrogen-bond donors (Lipinski definition) is 3. The first kappa shape index (κ1) is 17.9. The van der Waals surface area contributed by atoms with Crippen molar-refractivity contribution in [3.8, 4) is 5.75 Å². The number of aromatic carboxylic acids is 1. The maximum Gasteiger partial charge on any atom is 0.345 e. The van der Waals surface area contributed by atoms with Crippen molar-refractivity contribution in [2.24, 2.45) is 0 Å². The van der Waals surface area contributed by atoms with Gasteiger partial charge in [0.2, 0.25) is 0 Å². The van der Waals surface area contributed by atoms with Crippen molar-refractivity contribution >= 4 is 23.6 Å². The van der Waals surface area contributed by atoms with Gasteiger partial charge in [0.05, 0.1) is 6.61 Å². The summed E-state index contributed by atoms with van der Waals surface area (Å²) in [5.74, 6) is -2.12. The topological polar surface area (TPSA) is 130 Å². The lowest BCUT2D eigenvalue weighted by Crippen LogP contribution is -2.21. The number of carbonyl (C=O) groups excluding carboxylic acids is 1. The number of aromatic amines is 1. The summed E-state index contributed by atoms with van der Waals surface area (Å²) in [6, 6.07) is 4.09. The number of aromatic nitrogens is 2. The van der Waals surface area contributed by atoms with Gasteiger partial charge in [-0.25, -0.2) is 14.6 Å². The van der Waals surface area contributed by atoms with E-state index in [1.54, 1.807) is 19.9 Å². The van der Waals surface area contributed by atoms with Crippen molar-refractivity contribution in [2.45, 2.75) is 13.8 Å². The molecule has 25 heavy (non-hydrogen) atoms. The molecule has 0 amide bonds. The summed E-state index contributed by atoms with van der Waals surface area (Å²) in [7, 11) is 0. The van der Waals surface area contributed by atoms with Gasteiger partial charge in [-0.05, 0) is 43.2 Å². The lowest BCUT2D eigenvalue weighted by molar-refractivity contribution is 0.0523. The molecule has 0 aliphatic rings. The van der Waals surface area contributed by atoms with Crippen molar-refractivity contribution < 1.29 is 24.5 Å². The molecule has 0 aliphatic carbocycles. The summed E-state index contributed by atoms with van der Waals surface area (Å²) >= 11 is 0. The molecule has 0 spiro atoms. The number of H-pyrrole nitrogens is 1. The molecule has 0 fully saturated rings. The third-order valence-corrected chi connectivity index (χ3v) is 3.30. The minimum atomic E-state index is -1.25. The normalized spacial score (nSPS) is 11.2. The quantitative estimate of drug-likeness (QED) is 0.706. The highest BCUT2D eigenvalue weighted by atomic mass is 16.5. The molecule has 8 heteroatoms. The number of allylic oxidation sites excluding steroid dienone is 1. The molecule has 0 unspecified atom stereocenters. The van der Waals surface area contributed by atoms with Crippen molar-refractivity contribution in [3.05, 3.63) is 57.3 Å². The van der Waals surface area contributed by atoms with Crippen LogP contribution in [0.5, 0.6) is 5.75 Å². The standard InChI is InChI=1S/C17H16N2O6/c1-3-25-17(24)12-8-18-14(19-15(12)21)9(2)6-10-4-5-13(20)11(7-10)16(22)23/h4-8,20H,3H2,1-2H3,(H,22,23)(H,18,19,21). The van der Waals surface area contributed by atoms with Gasteiger partial charge in [0.1, 0.15) is 22.7 Å². The van der Waals surface area contributed by atoms with Crippen LogP contribution in [0.15, 0.2) is 29.2 Å². The average Bonchev–Trinajstić information content (AvgIpc) is 2.56. The maximum atomic E-state index is 12.0. The van der Waals surface area contributed by atoms with Crippen LogP contribution in [0.2, 0.25) is 0 Å². The van der Waals surface area contributed by atoms with Gasteiger partial charge < -0.3 is 19.9 Å². The van der Waals surface area contributed by atoms with E-state index in [2.05, 4.69) is 9.97 Å². The third kappa shape index (κ3) is 4.11. The first-order valence-electron chi connectivity index (χ1n) is 7.35. The second kappa shape index (κ2) is 7.43. The van der Waals surface area contributed by atoms with Gasteiger partial charge in [0.25, 0.3) is 5.56 Å². The first-order valence-corrected chi connectivity index (χ1v) is 7.35. The molecule has 0 saturated heterocycles. The van der Waals surface area contributed by atoms with E-state index in [4.69, 9.17) is 9.84 Å².